The van der Waals surface area contributed by atoms with Crippen molar-refractivity contribution in [3.8, 4) is 11.5 Å². The highest BCUT2D eigenvalue weighted by molar-refractivity contribution is 5.39. The average Bonchev–Trinajstić information content (AvgIpc) is 2.42. The first-order valence-corrected chi connectivity index (χ1v) is 6.94. The van der Waals surface area contributed by atoms with Crippen LogP contribution >= 0.6 is 0 Å². The number of aromatic hydroxyl groups is 1. The highest BCUT2D eigenvalue weighted by Crippen LogP contribution is 2.23. The summed E-state index contributed by atoms with van der Waals surface area (Å²) in [4.78, 5) is 2.38. The number of hydrogen-bond donors (Lipinski definition) is 2. The van der Waals surface area contributed by atoms with Gasteiger partial charge in [0.1, 0.15) is 11.5 Å². The van der Waals surface area contributed by atoms with Crippen LogP contribution < -0.4 is 10.1 Å². The van der Waals surface area contributed by atoms with Crippen molar-refractivity contribution in [1.82, 2.24) is 10.2 Å². The zero-order valence-corrected chi connectivity index (χ0v) is 11.9. The summed E-state index contributed by atoms with van der Waals surface area (Å²) in [6.45, 7) is 4.13. The molecule has 1 heterocycles. The molecule has 2 N–H and O–H groups in total. The summed E-state index contributed by atoms with van der Waals surface area (Å²) in [6.07, 6.45) is 2.52. The molecule has 1 fully saturated rings. The van der Waals surface area contributed by atoms with Crippen LogP contribution in [0.2, 0.25) is 0 Å². The van der Waals surface area contributed by atoms with Gasteiger partial charge in [0, 0.05) is 18.2 Å². The molecule has 0 aromatic heterocycles. The Labute approximate surface area is 115 Å². The molecule has 4 heteroatoms. The van der Waals surface area contributed by atoms with Crippen molar-refractivity contribution in [3.63, 3.8) is 0 Å². The molecule has 0 spiro atoms. The first-order chi connectivity index (χ1) is 9.19. The number of ether oxygens (including phenoxy) is 1. The molecule has 0 bridgehead atoms. The monoisotopic (exact) mass is 264 g/mol. The predicted molar refractivity (Wildman–Crippen MR) is 76.6 cm³/mol. The average molecular weight is 264 g/mol. The Morgan fingerprint density at radius 1 is 1.37 bits per heavy atom. The molecule has 0 unspecified atom stereocenters. The van der Waals surface area contributed by atoms with Crippen LogP contribution in [0.25, 0.3) is 0 Å². The van der Waals surface area contributed by atoms with E-state index >= 15 is 0 Å². The second kappa shape index (κ2) is 6.78. The fourth-order valence-corrected chi connectivity index (χ4v) is 2.50. The van der Waals surface area contributed by atoms with E-state index in [1.807, 2.05) is 12.1 Å². The zero-order valence-electron chi connectivity index (χ0n) is 11.9. The molecule has 1 aliphatic rings. The van der Waals surface area contributed by atoms with E-state index in [2.05, 4.69) is 17.3 Å². The molecule has 1 aliphatic heterocycles. The molecule has 2 rings (SSSR count). The minimum absolute atomic E-state index is 0.301. The lowest BCUT2D eigenvalue weighted by Crippen LogP contribution is -2.34. The molecule has 0 radical (unpaired) electrons. The second-order valence-electron chi connectivity index (χ2n) is 5.37. The number of nitrogens with one attached hydrogen (secondary N) is 1. The van der Waals surface area contributed by atoms with Gasteiger partial charge in [0.05, 0.1) is 7.11 Å². The number of rotatable bonds is 5. The summed E-state index contributed by atoms with van der Waals surface area (Å²) in [6, 6.07) is 5.45. The number of phenolic OH excluding ortho intramolecular Hbond substituents is 1. The number of phenols is 1. The summed E-state index contributed by atoms with van der Waals surface area (Å²) in [5, 5.41) is 13.3. The van der Waals surface area contributed by atoms with Crippen LogP contribution in [0.4, 0.5) is 0 Å². The van der Waals surface area contributed by atoms with Crippen LogP contribution in [0, 0.1) is 5.92 Å². The van der Waals surface area contributed by atoms with Gasteiger partial charge in [0.15, 0.2) is 0 Å². The van der Waals surface area contributed by atoms with E-state index < -0.39 is 0 Å². The van der Waals surface area contributed by atoms with Crippen molar-refractivity contribution in [2.24, 2.45) is 5.92 Å². The summed E-state index contributed by atoms with van der Waals surface area (Å²) < 4.78 is 5.07. The van der Waals surface area contributed by atoms with Crippen LogP contribution in [0.5, 0.6) is 11.5 Å². The first kappa shape index (κ1) is 14.2. The third-order valence-electron chi connectivity index (χ3n) is 3.88. The lowest BCUT2D eigenvalue weighted by atomic mass is 9.97. The Kier molecular flexibility index (Phi) is 5.05. The van der Waals surface area contributed by atoms with Crippen molar-refractivity contribution in [3.05, 3.63) is 23.8 Å². The van der Waals surface area contributed by atoms with Crippen LogP contribution in [0.1, 0.15) is 18.4 Å². The molecule has 0 aliphatic carbocycles. The van der Waals surface area contributed by atoms with Crippen molar-refractivity contribution in [1.29, 1.82) is 0 Å². The molecule has 0 saturated carbocycles. The van der Waals surface area contributed by atoms with Gasteiger partial charge in [-0.05, 0) is 51.5 Å². The van der Waals surface area contributed by atoms with E-state index in [-0.39, 0.29) is 0 Å². The van der Waals surface area contributed by atoms with Gasteiger partial charge in [-0.1, -0.05) is 6.07 Å². The fourth-order valence-electron chi connectivity index (χ4n) is 2.50. The van der Waals surface area contributed by atoms with E-state index in [0.717, 1.165) is 18.0 Å². The van der Waals surface area contributed by atoms with Crippen molar-refractivity contribution >= 4 is 0 Å². The summed E-state index contributed by atoms with van der Waals surface area (Å²) in [5.41, 5.74) is 0.925. The lowest BCUT2D eigenvalue weighted by Gasteiger charge is -2.29. The molecular formula is C15H24N2O2. The van der Waals surface area contributed by atoms with Gasteiger partial charge >= 0.3 is 0 Å². The molecule has 1 aromatic carbocycles. The molecule has 4 nitrogen and oxygen atoms in total. The van der Waals surface area contributed by atoms with Crippen LogP contribution in [0.3, 0.4) is 0 Å². The van der Waals surface area contributed by atoms with E-state index in [4.69, 9.17) is 4.74 Å². The predicted octanol–water partition coefficient (Wildman–Crippen LogP) is 1.83. The minimum atomic E-state index is 0.301. The number of likely N-dealkylation sites (tertiary alicyclic amines) is 1. The van der Waals surface area contributed by atoms with Gasteiger partial charge in [-0.15, -0.1) is 0 Å². The maximum absolute atomic E-state index is 9.87. The fraction of sp³-hybridized carbons (Fsp3) is 0.600. The maximum Gasteiger partial charge on any atom is 0.123 e. The Morgan fingerprint density at radius 3 is 2.74 bits per heavy atom. The SMILES string of the molecule is COc1ccc(CNCC2CCN(C)CC2)c(O)c1. The smallest absolute Gasteiger partial charge is 0.123 e. The first-order valence-electron chi connectivity index (χ1n) is 6.94. The summed E-state index contributed by atoms with van der Waals surface area (Å²) in [7, 11) is 3.78. The molecule has 1 saturated heterocycles. The molecule has 0 atom stereocenters. The number of benzene rings is 1. The van der Waals surface area contributed by atoms with Crippen molar-refractivity contribution in [2.75, 3.05) is 33.8 Å². The van der Waals surface area contributed by atoms with Gasteiger partial charge in [0.2, 0.25) is 0 Å². The van der Waals surface area contributed by atoms with Crippen LogP contribution in [-0.2, 0) is 6.54 Å². The Bertz CT molecular complexity index is 401. The standard InChI is InChI=1S/C15H24N2O2/c1-17-7-5-12(6-8-17)10-16-11-13-3-4-14(19-2)9-15(13)18/h3-4,9,12,16,18H,5-8,10-11H2,1-2H3. The zero-order chi connectivity index (χ0) is 13.7. The number of methoxy groups -OCH3 is 1. The normalized spacial score (nSPS) is 17.6. The molecule has 0 amide bonds. The summed E-state index contributed by atoms with van der Waals surface area (Å²) >= 11 is 0. The van der Waals surface area contributed by atoms with Crippen molar-refractivity contribution in [2.45, 2.75) is 19.4 Å². The highest BCUT2D eigenvalue weighted by atomic mass is 16.5. The van der Waals surface area contributed by atoms with Gasteiger partial charge in [-0.25, -0.2) is 0 Å². The highest BCUT2D eigenvalue weighted by Gasteiger charge is 2.16. The number of piperidine rings is 1. The number of hydrogen-bond acceptors (Lipinski definition) is 4. The molecular weight excluding hydrogens is 240 g/mol. The number of nitrogens with zero attached hydrogens (tertiary/aromatic N) is 1. The van der Waals surface area contributed by atoms with Gasteiger partial charge < -0.3 is 20.1 Å². The van der Waals surface area contributed by atoms with E-state index in [1.165, 1.54) is 25.9 Å². The lowest BCUT2D eigenvalue weighted by molar-refractivity contribution is 0.216. The van der Waals surface area contributed by atoms with Crippen LogP contribution in [0.15, 0.2) is 18.2 Å². The van der Waals surface area contributed by atoms with Crippen LogP contribution in [-0.4, -0.2) is 43.8 Å². The Hall–Kier alpha value is -1.26. The third-order valence-corrected chi connectivity index (χ3v) is 3.88. The second-order valence-corrected chi connectivity index (χ2v) is 5.37. The van der Waals surface area contributed by atoms with E-state index in [0.29, 0.717) is 18.0 Å². The van der Waals surface area contributed by atoms with E-state index in [1.54, 1.807) is 13.2 Å². The molecule has 19 heavy (non-hydrogen) atoms. The Morgan fingerprint density at radius 2 is 2.11 bits per heavy atom. The van der Waals surface area contributed by atoms with Gasteiger partial charge in [-0.2, -0.15) is 0 Å². The van der Waals surface area contributed by atoms with Crippen molar-refractivity contribution < 1.29 is 9.84 Å². The van der Waals surface area contributed by atoms with Gasteiger partial charge in [-0.3, -0.25) is 0 Å². The Balaban J connectivity index is 1.76. The summed E-state index contributed by atoms with van der Waals surface area (Å²) in [5.74, 6) is 1.75. The van der Waals surface area contributed by atoms with E-state index in [9.17, 15) is 5.11 Å². The minimum Gasteiger partial charge on any atom is -0.507 e. The van der Waals surface area contributed by atoms with Gasteiger partial charge in [0.25, 0.3) is 0 Å². The quantitative estimate of drug-likeness (QED) is 0.851. The molecule has 106 valence electrons. The third kappa shape index (κ3) is 4.11. The largest absolute Gasteiger partial charge is 0.507 e. The topological polar surface area (TPSA) is 44.7 Å². The molecule has 1 aromatic rings. The maximum atomic E-state index is 9.87.